The molecule has 0 spiro atoms. The fourth-order valence-electron chi connectivity index (χ4n) is 2.38. The van der Waals surface area contributed by atoms with Crippen LogP contribution in [-0.4, -0.2) is 15.4 Å². The first kappa shape index (κ1) is 14.4. The molecule has 0 amide bonds. The van der Waals surface area contributed by atoms with Crippen molar-refractivity contribution >= 4 is 11.8 Å². The smallest absolute Gasteiger partial charge is 0.226 e. The van der Waals surface area contributed by atoms with Gasteiger partial charge in [0.15, 0.2) is 5.82 Å². The van der Waals surface area contributed by atoms with Crippen LogP contribution < -0.4 is 0 Å². The van der Waals surface area contributed by atoms with E-state index >= 15 is 0 Å². The second kappa shape index (κ2) is 7.54. The van der Waals surface area contributed by atoms with Crippen LogP contribution in [0.15, 0.2) is 4.52 Å². The molecule has 104 valence electrons. The third kappa shape index (κ3) is 4.87. The average molecular weight is 279 g/mol. The lowest BCUT2D eigenvalue weighted by molar-refractivity contribution is 0.356. The van der Waals surface area contributed by atoms with Gasteiger partial charge in [0.25, 0.3) is 0 Å². The Morgan fingerprint density at radius 2 is 2.21 bits per heavy atom. The standard InChI is InChI=1S/C14H21N3OS/c1-11(7-8-15)9-14-16-13(17-18-14)10-19-12-5-3-2-4-6-12/h11-12H,2-7,9-10H2,1H3. The zero-order valence-corrected chi connectivity index (χ0v) is 12.3. The first-order valence-electron chi connectivity index (χ1n) is 7.08. The molecule has 0 bridgehead atoms. The lowest BCUT2D eigenvalue weighted by atomic mass is 10.0. The number of hydrogen-bond acceptors (Lipinski definition) is 5. The molecule has 1 heterocycles. The number of thioether (sulfide) groups is 1. The van der Waals surface area contributed by atoms with Gasteiger partial charge < -0.3 is 4.52 Å². The van der Waals surface area contributed by atoms with Gasteiger partial charge in [0.1, 0.15) is 0 Å². The third-order valence-electron chi connectivity index (χ3n) is 3.47. The van der Waals surface area contributed by atoms with Crippen LogP contribution in [0.3, 0.4) is 0 Å². The van der Waals surface area contributed by atoms with Crippen LogP contribution in [0, 0.1) is 17.2 Å². The first-order valence-corrected chi connectivity index (χ1v) is 8.13. The van der Waals surface area contributed by atoms with Gasteiger partial charge in [-0.05, 0) is 18.8 Å². The Bertz CT molecular complexity index is 421. The van der Waals surface area contributed by atoms with E-state index in [9.17, 15) is 0 Å². The third-order valence-corrected chi connectivity index (χ3v) is 4.84. The Hall–Kier alpha value is -1.02. The predicted octanol–water partition coefficient (Wildman–Crippen LogP) is 3.73. The normalized spacial score (nSPS) is 18.1. The van der Waals surface area contributed by atoms with E-state index in [1.54, 1.807) is 0 Å². The van der Waals surface area contributed by atoms with Gasteiger partial charge in [-0.25, -0.2) is 0 Å². The quantitative estimate of drug-likeness (QED) is 0.794. The highest BCUT2D eigenvalue weighted by molar-refractivity contribution is 7.99. The van der Waals surface area contributed by atoms with Crippen molar-refractivity contribution in [1.29, 1.82) is 5.26 Å². The molecular weight excluding hydrogens is 258 g/mol. The van der Waals surface area contributed by atoms with E-state index in [0.717, 1.165) is 16.8 Å². The topological polar surface area (TPSA) is 62.7 Å². The minimum Gasteiger partial charge on any atom is -0.339 e. The number of hydrogen-bond donors (Lipinski definition) is 0. The van der Waals surface area contributed by atoms with Gasteiger partial charge in [-0.2, -0.15) is 22.0 Å². The molecule has 1 saturated carbocycles. The summed E-state index contributed by atoms with van der Waals surface area (Å²) < 4.78 is 5.24. The minimum atomic E-state index is 0.282. The number of rotatable bonds is 6. The summed E-state index contributed by atoms with van der Waals surface area (Å²) in [5.74, 6) is 2.60. The molecule has 2 rings (SSSR count). The highest BCUT2D eigenvalue weighted by atomic mass is 32.2. The maximum Gasteiger partial charge on any atom is 0.226 e. The van der Waals surface area contributed by atoms with Crippen molar-refractivity contribution in [3.8, 4) is 6.07 Å². The van der Waals surface area contributed by atoms with Crippen molar-refractivity contribution in [3.63, 3.8) is 0 Å². The van der Waals surface area contributed by atoms with Crippen LogP contribution in [0.2, 0.25) is 0 Å². The average Bonchev–Trinajstić information content (AvgIpc) is 2.85. The van der Waals surface area contributed by atoms with Crippen LogP contribution in [0.25, 0.3) is 0 Å². The lowest BCUT2D eigenvalue weighted by Gasteiger charge is -2.19. The second-order valence-electron chi connectivity index (χ2n) is 5.35. The van der Waals surface area contributed by atoms with E-state index in [2.05, 4.69) is 16.2 Å². The van der Waals surface area contributed by atoms with Crippen LogP contribution in [-0.2, 0) is 12.2 Å². The van der Waals surface area contributed by atoms with Gasteiger partial charge in [0.05, 0.1) is 11.8 Å². The molecule has 1 unspecified atom stereocenters. The first-order chi connectivity index (χ1) is 9.28. The van der Waals surface area contributed by atoms with Crippen molar-refractivity contribution in [2.24, 2.45) is 5.92 Å². The molecule has 0 aromatic carbocycles. The minimum absolute atomic E-state index is 0.282. The van der Waals surface area contributed by atoms with Crippen LogP contribution in [0.4, 0.5) is 0 Å². The molecule has 0 radical (unpaired) electrons. The van der Waals surface area contributed by atoms with E-state index in [-0.39, 0.29) is 5.92 Å². The molecule has 4 nitrogen and oxygen atoms in total. The highest BCUT2D eigenvalue weighted by Gasteiger charge is 2.16. The summed E-state index contributed by atoms with van der Waals surface area (Å²) in [5, 5.41) is 13.4. The van der Waals surface area contributed by atoms with Gasteiger partial charge in [0.2, 0.25) is 5.89 Å². The maximum absolute atomic E-state index is 8.63. The Kier molecular flexibility index (Phi) is 5.71. The van der Waals surface area contributed by atoms with E-state index < -0.39 is 0 Å². The lowest BCUT2D eigenvalue weighted by Crippen LogP contribution is -2.08. The molecule has 1 aromatic rings. The van der Waals surface area contributed by atoms with Crippen molar-refractivity contribution in [2.75, 3.05) is 0 Å². The summed E-state index contributed by atoms with van der Waals surface area (Å²) in [7, 11) is 0. The monoisotopic (exact) mass is 279 g/mol. The van der Waals surface area contributed by atoms with Crippen molar-refractivity contribution < 1.29 is 4.52 Å². The number of aromatic nitrogens is 2. The molecule has 1 aromatic heterocycles. The summed E-state index contributed by atoms with van der Waals surface area (Å²) in [5.41, 5.74) is 0. The molecular formula is C14H21N3OS. The van der Waals surface area contributed by atoms with Gasteiger partial charge in [-0.3, -0.25) is 0 Å². The predicted molar refractivity (Wildman–Crippen MR) is 75.6 cm³/mol. The number of nitrogens with zero attached hydrogens (tertiary/aromatic N) is 3. The SMILES string of the molecule is CC(CC#N)Cc1nc(CSC2CCCCC2)no1. The van der Waals surface area contributed by atoms with Gasteiger partial charge >= 0.3 is 0 Å². The highest BCUT2D eigenvalue weighted by Crippen LogP contribution is 2.29. The Balaban J connectivity index is 1.75. The van der Waals surface area contributed by atoms with E-state index in [0.29, 0.717) is 18.7 Å². The summed E-state index contributed by atoms with van der Waals surface area (Å²) in [4.78, 5) is 4.41. The molecule has 1 aliphatic carbocycles. The molecule has 0 N–H and O–H groups in total. The summed E-state index contributed by atoms with van der Waals surface area (Å²) >= 11 is 1.96. The van der Waals surface area contributed by atoms with E-state index in [1.165, 1.54) is 32.1 Å². The van der Waals surface area contributed by atoms with E-state index in [4.69, 9.17) is 9.78 Å². The summed E-state index contributed by atoms with van der Waals surface area (Å²) in [6, 6.07) is 2.17. The fourth-order valence-corrected chi connectivity index (χ4v) is 3.55. The van der Waals surface area contributed by atoms with Crippen LogP contribution in [0.5, 0.6) is 0 Å². The Labute approximate surface area is 119 Å². The second-order valence-corrected chi connectivity index (χ2v) is 6.64. The Morgan fingerprint density at radius 3 is 2.95 bits per heavy atom. The molecule has 1 aliphatic rings. The molecule has 1 atom stereocenters. The van der Waals surface area contributed by atoms with Crippen molar-refractivity contribution in [1.82, 2.24) is 10.1 Å². The summed E-state index contributed by atoms with van der Waals surface area (Å²) in [6.07, 6.45) is 8.01. The van der Waals surface area contributed by atoms with Crippen LogP contribution >= 0.6 is 11.8 Å². The van der Waals surface area contributed by atoms with Crippen LogP contribution in [0.1, 0.15) is 57.2 Å². The maximum atomic E-state index is 8.63. The molecule has 5 heteroatoms. The molecule has 1 fully saturated rings. The van der Waals surface area contributed by atoms with Gasteiger partial charge in [0, 0.05) is 18.1 Å². The molecule has 0 saturated heterocycles. The van der Waals surface area contributed by atoms with E-state index in [1.807, 2.05) is 18.7 Å². The zero-order chi connectivity index (χ0) is 13.5. The largest absolute Gasteiger partial charge is 0.339 e. The summed E-state index contributed by atoms with van der Waals surface area (Å²) in [6.45, 7) is 2.03. The van der Waals surface area contributed by atoms with Crippen molar-refractivity contribution in [2.45, 2.75) is 62.9 Å². The van der Waals surface area contributed by atoms with Gasteiger partial charge in [-0.15, -0.1) is 0 Å². The van der Waals surface area contributed by atoms with Gasteiger partial charge in [-0.1, -0.05) is 31.3 Å². The molecule has 0 aliphatic heterocycles. The number of nitriles is 1. The fraction of sp³-hybridized carbons (Fsp3) is 0.786. The zero-order valence-electron chi connectivity index (χ0n) is 11.5. The molecule has 19 heavy (non-hydrogen) atoms. The van der Waals surface area contributed by atoms with Crippen molar-refractivity contribution in [3.05, 3.63) is 11.7 Å². The Morgan fingerprint density at radius 1 is 1.42 bits per heavy atom.